The van der Waals surface area contributed by atoms with Crippen molar-refractivity contribution < 1.29 is 15.0 Å². The second-order valence-electron chi connectivity index (χ2n) is 18.6. The Morgan fingerprint density at radius 1 is 0.377 bits per heavy atom. The Morgan fingerprint density at radius 3 is 0.951 bits per heavy atom. The van der Waals surface area contributed by atoms with Crippen molar-refractivity contribution in [1.82, 2.24) is 5.32 Å². The van der Waals surface area contributed by atoms with Crippen LogP contribution in [0.3, 0.4) is 0 Å². The molecule has 0 aliphatic carbocycles. The fourth-order valence-electron chi connectivity index (χ4n) is 8.32. The minimum atomic E-state index is -0.872. The average molecular weight is 854 g/mol. The monoisotopic (exact) mass is 854 g/mol. The molecule has 0 rings (SSSR count). The van der Waals surface area contributed by atoms with Crippen molar-refractivity contribution in [2.24, 2.45) is 0 Å². The van der Waals surface area contributed by atoms with E-state index in [0.29, 0.717) is 6.42 Å². The van der Waals surface area contributed by atoms with Gasteiger partial charge >= 0.3 is 0 Å². The van der Waals surface area contributed by atoms with Crippen LogP contribution in [0.4, 0.5) is 0 Å². The molecule has 0 bridgehead atoms. The van der Waals surface area contributed by atoms with Crippen molar-refractivity contribution >= 4 is 5.91 Å². The third-order valence-corrected chi connectivity index (χ3v) is 12.5. The fourth-order valence-corrected chi connectivity index (χ4v) is 8.32. The Hall–Kier alpha value is -1.65. The lowest BCUT2D eigenvalue weighted by Gasteiger charge is -2.19. The summed E-state index contributed by atoms with van der Waals surface area (Å²) in [7, 11) is 0. The minimum absolute atomic E-state index is 0.0776. The number of unbranched alkanes of at least 4 members (excludes halogenated alkanes) is 37. The SMILES string of the molecule is CCCCCCCCCCCCCC/C=C\CCCCCCCCCCCC(=O)NC(CO)C(O)/C=C/CC/C=C/CC/C=C/CCCCCCCCCCCCCCCC. The zero-order chi connectivity index (χ0) is 44.2. The third-order valence-electron chi connectivity index (χ3n) is 12.5. The van der Waals surface area contributed by atoms with Gasteiger partial charge in [-0.3, -0.25) is 4.79 Å². The number of amides is 1. The van der Waals surface area contributed by atoms with Crippen molar-refractivity contribution in [3.8, 4) is 0 Å². The summed E-state index contributed by atoms with van der Waals surface area (Å²) in [5, 5.41) is 23.1. The zero-order valence-corrected chi connectivity index (χ0v) is 41.2. The molecule has 0 aromatic rings. The van der Waals surface area contributed by atoms with E-state index in [4.69, 9.17) is 0 Å². The quantitative estimate of drug-likeness (QED) is 0.0422. The molecule has 0 aromatic carbocycles. The average Bonchev–Trinajstić information content (AvgIpc) is 3.26. The van der Waals surface area contributed by atoms with Crippen LogP contribution in [-0.4, -0.2) is 34.9 Å². The van der Waals surface area contributed by atoms with E-state index >= 15 is 0 Å². The molecule has 2 unspecified atom stereocenters. The number of nitrogens with one attached hydrogen (secondary N) is 1. The molecule has 0 aliphatic heterocycles. The highest BCUT2D eigenvalue weighted by atomic mass is 16.3. The molecule has 0 heterocycles. The molecule has 2 atom stereocenters. The molecule has 0 saturated carbocycles. The topological polar surface area (TPSA) is 69.6 Å². The van der Waals surface area contributed by atoms with Gasteiger partial charge in [-0.1, -0.05) is 262 Å². The number of aliphatic hydroxyl groups is 2. The van der Waals surface area contributed by atoms with Crippen LogP contribution in [0.1, 0.15) is 290 Å². The number of hydrogen-bond donors (Lipinski definition) is 3. The van der Waals surface area contributed by atoms with Gasteiger partial charge in [0, 0.05) is 6.42 Å². The Labute approximate surface area is 382 Å². The molecule has 0 spiro atoms. The highest BCUT2D eigenvalue weighted by molar-refractivity contribution is 5.76. The van der Waals surface area contributed by atoms with Crippen molar-refractivity contribution in [3.05, 3.63) is 48.6 Å². The molecule has 4 nitrogen and oxygen atoms in total. The van der Waals surface area contributed by atoms with Crippen LogP contribution >= 0.6 is 0 Å². The molecule has 4 heteroatoms. The summed E-state index contributed by atoms with van der Waals surface area (Å²) in [5.41, 5.74) is 0. The molecular weight excluding hydrogens is 747 g/mol. The first-order valence-corrected chi connectivity index (χ1v) is 27.4. The van der Waals surface area contributed by atoms with Crippen molar-refractivity contribution in [3.63, 3.8) is 0 Å². The number of allylic oxidation sites excluding steroid dienone is 7. The second-order valence-corrected chi connectivity index (χ2v) is 18.6. The molecule has 0 saturated heterocycles. The summed E-state index contributed by atoms with van der Waals surface area (Å²) in [6.07, 6.45) is 72.7. The Kier molecular flexibility index (Phi) is 51.3. The van der Waals surface area contributed by atoms with Gasteiger partial charge < -0.3 is 15.5 Å². The number of carbonyl (C=O) groups is 1. The van der Waals surface area contributed by atoms with Crippen molar-refractivity contribution in [2.45, 2.75) is 302 Å². The van der Waals surface area contributed by atoms with Gasteiger partial charge in [-0.05, 0) is 70.6 Å². The predicted molar refractivity (Wildman–Crippen MR) is 271 cm³/mol. The largest absolute Gasteiger partial charge is 0.394 e. The van der Waals surface area contributed by atoms with E-state index < -0.39 is 12.1 Å². The minimum Gasteiger partial charge on any atom is -0.394 e. The van der Waals surface area contributed by atoms with E-state index in [-0.39, 0.29) is 12.5 Å². The Morgan fingerprint density at radius 2 is 0.639 bits per heavy atom. The van der Waals surface area contributed by atoms with E-state index in [1.54, 1.807) is 6.08 Å². The Bertz CT molecular complexity index is 970. The van der Waals surface area contributed by atoms with E-state index in [1.165, 1.54) is 231 Å². The molecular formula is C57H107NO3. The lowest BCUT2D eigenvalue weighted by atomic mass is 10.0. The summed E-state index contributed by atoms with van der Waals surface area (Å²) in [6.45, 7) is 4.32. The van der Waals surface area contributed by atoms with Gasteiger partial charge in [-0.25, -0.2) is 0 Å². The van der Waals surface area contributed by atoms with Crippen LogP contribution < -0.4 is 5.32 Å². The van der Waals surface area contributed by atoms with E-state index in [0.717, 1.165) is 38.5 Å². The highest BCUT2D eigenvalue weighted by Gasteiger charge is 2.17. The van der Waals surface area contributed by atoms with Crippen molar-refractivity contribution in [2.75, 3.05) is 6.61 Å². The smallest absolute Gasteiger partial charge is 0.220 e. The summed E-state index contributed by atoms with van der Waals surface area (Å²) < 4.78 is 0. The summed E-state index contributed by atoms with van der Waals surface area (Å²) in [4.78, 5) is 12.5. The lowest BCUT2D eigenvalue weighted by Crippen LogP contribution is -2.45. The van der Waals surface area contributed by atoms with Gasteiger partial charge in [0.25, 0.3) is 0 Å². The van der Waals surface area contributed by atoms with Gasteiger partial charge in [0.05, 0.1) is 18.8 Å². The van der Waals surface area contributed by atoms with Crippen LogP contribution in [-0.2, 0) is 4.79 Å². The summed E-state index contributed by atoms with van der Waals surface area (Å²) in [5.74, 6) is -0.0776. The first-order valence-electron chi connectivity index (χ1n) is 27.4. The molecule has 1 amide bonds. The number of carbonyl (C=O) groups excluding carboxylic acids is 1. The van der Waals surface area contributed by atoms with Crippen LogP contribution in [0, 0.1) is 0 Å². The van der Waals surface area contributed by atoms with Gasteiger partial charge in [0.15, 0.2) is 0 Å². The normalized spacial score (nSPS) is 13.2. The van der Waals surface area contributed by atoms with Crippen LogP contribution in [0.5, 0.6) is 0 Å². The molecule has 358 valence electrons. The van der Waals surface area contributed by atoms with E-state index in [9.17, 15) is 15.0 Å². The predicted octanol–water partition coefficient (Wildman–Crippen LogP) is 17.9. The van der Waals surface area contributed by atoms with Crippen LogP contribution in [0.2, 0.25) is 0 Å². The number of rotatable bonds is 50. The van der Waals surface area contributed by atoms with Gasteiger partial charge in [0.2, 0.25) is 5.91 Å². The first kappa shape index (κ1) is 59.4. The van der Waals surface area contributed by atoms with Gasteiger partial charge in [-0.15, -0.1) is 0 Å². The van der Waals surface area contributed by atoms with E-state index in [1.807, 2.05) is 6.08 Å². The van der Waals surface area contributed by atoms with Gasteiger partial charge in [-0.2, -0.15) is 0 Å². The molecule has 0 fully saturated rings. The van der Waals surface area contributed by atoms with Crippen molar-refractivity contribution in [1.29, 1.82) is 0 Å². The zero-order valence-electron chi connectivity index (χ0n) is 41.2. The maximum Gasteiger partial charge on any atom is 0.220 e. The standard InChI is InChI=1S/C57H107NO3/c1-3-5-7-9-11-13-15-17-19-21-23-25-27-29-31-33-35-37-39-41-43-45-47-49-51-53-57(61)58-55(54-59)56(60)52-50-48-46-44-42-40-38-36-34-32-30-28-26-24-22-20-18-16-14-12-10-8-6-4-2/h29,31,34,36,42,44,50,52,55-56,59-60H,3-28,30,32-33,35,37-41,43,45-49,51,53-54H2,1-2H3,(H,58,61)/b31-29-,36-34+,44-42+,52-50+. The highest BCUT2D eigenvalue weighted by Crippen LogP contribution is 2.16. The third kappa shape index (κ3) is 49.2. The van der Waals surface area contributed by atoms with Crippen LogP contribution in [0.25, 0.3) is 0 Å². The Balaban J connectivity index is 3.57. The molecule has 0 aliphatic rings. The summed E-state index contributed by atoms with van der Waals surface area (Å²) >= 11 is 0. The van der Waals surface area contributed by atoms with Crippen LogP contribution in [0.15, 0.2) is 48.6 Å². The van der Waals surface area contributed by atoms with Gasteiger partial charge in [0.1, 0.15) is 0 Å². The molecule has 61 heavy (non-hydrogen) atoms. The number of hydrogen-bond acceptors (Lipinski definition) is 3. The number of aliphatic hydroxyl groups excluding tert-OH is 2. The molecule has 0 aromatic heterocycles. The maximum atomic E-state index is 12.5. The van der Waals surface area contributed by atoms with E-state index in [2.05, 4.69) is 55.6 Å². The lowest BCUT2D eigenvalue weighted by molar-refractivity contribution is -0.123. The summed E-state index contributed by atoms with van der Waals surface area (Å²) in [6, 6.07) is -0.648. The maximum absolute atomic E-state index is 12.5. The second kappa shape index (κ2) is 52.7. The molecule has 3 N–H and O–H groups in total. The fraction of sp³-hybridized carbons (Fsp3) is 0.842. The molecule has 0 radical (unpaired) electrons. The first-order chi connectivity index (χ1) is 30.2.